The SMILES string of the molecule is CC(NC(N)=NCC(=O)OC(C)(C)C)c1ccc(Cl)cc1Cl. The van der Waals surface area contributed by atoms with E-state index in [1.165, 1.54) is 0 Å². The molecule has 3 N–H and O–H groups in total. The van der Waals surface area contributed by atoms with Gasteiger partial charge < -0.3 is 15.8 Å². The Kier molecular flexibility index (Phi) is 6.50. The molecule has 0 aromatic heterocycles. The quantitative estimate of drug-likeness (QED) is 0.498. The van der Waals surface area contributed by atoms with Gasteiger partial charge in [-0.3, -0.25) is 4.79 Å². The third-order valence-corrected chi connectivity index (χ3v) is 3.15. The predicted molar refractivity (Wildman–Crippen MR) is 90.3 cm³/mol. The minimum Gasteiger partial charge on any atom is -0.459 e. The van der Waals surface area contributed by atoms with Gasteiger partial charge in [-0.15, -0.1) is 0 Å². The van der Waals surface area contributed by atoms with Gasteiger partial charge in [0.15, 0.2) is 5.96 Å². The van der Waals surface area contributed by atoms with E-state index < -0.39 is 11.6 Å². The van der Waals surface area contributed by atoms with Crippen LogP contribution in [-0.4, -0.2) is 24.1 Å². The Bertz CT molecular complexity index is 568. The molecule has 0 fully saturated rings. The second-order valence-corrected chi connectivity index (χ2v) is 6.66. The highest BCUT2D eigenvalue weighted by Crippen LogP contribution is 2.25. The highest BCUT2D eigenvalue weighted by Gasteiger charge is 2.16. The Morgan fingerprint density at radius 3 is 2.59 bits per heavy atom. The van der Waals surface area contributed by atoms with Crippen LogP contribution in [0.4, 0.5) is 0 Å². The predicted octanol–water partition coefficient (Wildman–Crippen LogP) is 3.30. The normalized spacial score (nSPS) is 13.6. The minimum absolute atomic E-state index is 0.142. The summed E-state index contributed by atoms with van der Waals surface area (Å²) in [7, 11) is 0. The van der Waals surface area contributed by atoms with Gasteiger partial charge >= 0.3 is 5.97 Å². The van der Waals surface area contributed by atoms with E-state index in [1.54, 1.807) is 32.9 Å². The number of benzene rings is 1. The number of hydrogen-bond donors (Lipinski definition) is 2. The van der Waals surface area contributed by atoms with Gasteiger partial charge in [0.1, 0.15) is 12.1 Å². The lowest BCUT2D eigenvalue weighted by Crippen LogP contribution is -2.35. The number of nitrogens with zero attached hydrogens (tertiary/aromatic N) is 1. The van der Waals surface area contributed by atoms with Crippen LogP contribution in [0.2, 0.25) is 10.0 Å². The molecule has 1 rings (SSSR count). The first-order valence-corrected chi connectivity index (χ1v) is 7.57. The van der Waals surface area contributed by atoms with Crippen molar-refractivity contribution in [3.8, 4) is 0 Å². The molecule has 0 spiro atoms. The van der Waals surface area contributed by atoms with Crippen molar-refractivity contribution in [3.63, 3.8) is 0 Å². The summed E-state index contributed by atoms with van der Waals surface area (Å²) in [6.07, 6.45) is 0. The fourth-order valence-electron chi connectivity index (χ4n) is 1.72. The molecule has 0 bridgehead atoms. The number of carbonyl (C=O) groups excluding carboxylic acids is 1. The fraction of sp³-hybridized carbons (Fsp3) is 0.467. The van der Waals surface area contributed by atoms with Gasteiger partial charge in [0.25, 0.3) is 0 Å². The maximum atomic E-state index is 11.6. The summed E-state index contributed by atoms with van der Waals surface area (Å²) in [5, 5.41) is 4.06. The number of esters is 1. The summed E-state index contributed by atoms with van der Waals surface area (Å²) in [5.41, 5.74) is 6.06. The summed E-state index contributed by atoms with van der Waals surface area (Å²) in [6.45, 7) is 7.12. The Balaban J connectivity index is 2.61. The Morgan fingerprint density at radius 2 is 2.05 bits per heavy atom. The van der Waals surface area contributed by atoms with Crippen molar-refractivity contribution in [1.82, 2.24) is 5.32 Å². The van der Waals surface area contributed by atoms with Crippen LogP contribution in [0.25, 0.3) is 0 Å². The van der Waals surface area contributed by atoms with Gasteiger partial charge in [0, 0.05) is 10.0 Å². The van der Waals surface area contributed by atoms with E-state index in [2.05, 4.69) is 10.3 Å². The van der Waals surface area contributed by atoms with Gasteiger partial charge in [-0.2, -0.15) is 0 Å². The molecule has 0 aliphatic carbocycles. The zero-order valence-electron chi connectivity index (χ0n) is 13.1. The Morgan fingerprint density at radius 1 is 1.41 bits per heavy atom. The molecular formula is C15H21Cl2N3O2. The summed E-state index contributed by atoms with van der Waals surface area (Å²) < 4.78 is 5.14. The standard InChI is InChI=1S/C15H21Cl2N3O2/c1-9(11-6-5-10(16)7-12(11)17)20-14(18)19-8-13(21)22-15(2,3)4/h5-7,9H,8H2,1-4H3,(H3,18,19,20). The Labute approximate surface area is 140 Å². The summed E-state index contributed by atoms with van der Waals surface area (Å²) in [6, 6.07) is 5.04. The summed E-state index contributed by atoms with van der Waals surface area (Å²) in [5.74, 6) is -0.293. The van der Waals surface area contributed by atoms with E-state index in [4.69, 9.17) is 33.7 Å². The van der Waals surface area contributed by atoms with E-state index in [0.717, 1.165) is 5.56 Å². The molecule has 0 saturated heterocycles. The van der Waals surface area contributed by atoms with Crippen molar-refractivity contribution in [1.29, 1.82) is 0 Å². The number of ether oxygens (including phenoxy) is 1. The number of halogens is 2. The molecule has 0 aliphatic heterocycles. The second kappa shape index (κ2) is 7.70. The largest absolute Gasteiger partial charge is 0.459 e. The number of hydrogen-bond acceptors (Lipinski definition) is 3. The van der Waals surface area contributed by atoms with Crippen LogP contribution < -0.4 is 11.1 Å². The Hall–Kier alpha value is -1.46. The average molecular weight is 346 g/mol. The smallest absolute Gasteiger partial charge is 0.328 e. The fourth-order valence-corrected chi connectivity index (χ4v) is 2.29. The molecule has 1 atom stereocenters. The molecule has 0 amide bonds. The lowest BCUT2D eigenvalue weighted by atomic mass is 10.1. The van der Waals surface area contributed by atoms with Crippen molar-refractivity contribution in [3.05, 3.63) is 33.8 Å². The molecule has 0 radical (unpaired) electrons. The molecule has 5 nitrogen and oxygen atoms in total. The lowest BCUT2D eigenvalue weighted by Gasteiger charge is -2.19. The van der Waals surface area contributed by atoms with Crippen LogP contribution in [0.3, 0.4) is 0 Å². The van der Waals surface area contributed by atoms with Crippen LogP contribution in [0.1, 0.15) is 39.3 Å². The van der Waals surface area contributed by atoms with E-state index >= 15 is 0 Å². The van der Waals surface area contributed by atoms with Crippen molar-refractivity contribution in [2.24, 2.45) is 10.7 Å². The maximum absolute atomic E-state index is 11.6. The summed E-state index contributed by atoms with van der Waals surface area (Å²) >= 11 is 12.0. The molecule has 1 unspecified atom stereocenters. The van der Waals surface area contributed by atoms with Crippen LogP contribution in [0.5, 0.6) is 0 Å². The van der Waals surface area contributed by atoms with Gasteiger partial charge in [0.2, 0.25) is 0 Å². The topological polar surface area (TPSA) is 76.7 Å². The van der Waals surface area contributed by atoms with E-state index in [1.807, 2.05) is 13.0 Å². The third-order valence-electron chi connectivity index (χ3n) is 2.59. The van der Waals surface area contributed by atoms with Crippen molar-refractivity contribution in [2.45, 2.75) is 39.3 Å². The first-order chi connectivity index (χ1) is 10.1. The number of guanidine groups is 1. The van der Waals surface area contributed by atoms with Crippen molar-refractivity contribution < 1.29 is 9.53 Å². The van der Waals surface area contributed by atoms with Crippen molar-refractivity contribution in [2.75, 3.05) is 6.54 Å². The average Bonchev–Trinajstić information content (AvgIpc) is 2.34. The molecule has 0 aliphatic rings. The van der Waals surface area contributed by atoms with Crippen LogP contribution >= 0.6 is 23.2 Å². The highest BCUT2D eigenvalue weighted by atomic mass is 35.5. The molecule has 0 saturated carbocycles. The molecule has 0 heterocycles. The maximum Gasteiger partial charge on any atom is 0.328 e. The van der Waals surface area contributed by atoms with Crippen molar-refractivity contribution >= 4 is 35.1 Å². The molecular weight excluding hydrogens is 325 g/mol. The monoisotopic (exact) mass is 345 g/mol. The molecule has 22 heavy (non-hydrogen) atoms. The number of rotatable bonds is 4. The van der Waals surface area contributed by atoms with Crippen LogP contribution in [0, 0.1) is 0 Å². The first-order valence-electron chi connectivity index (χ1n) is 6.82. The third kappa shape index (κ3) is 6.54. The highest BCUT2D eigenvalue weighted by molar-refractivity contribution is 6.35. The number of nitrogens with one attached hydrogen (secondary N) is 1. The molecule has 1 aromatic rings. The number of aliphatic imine (C=N–C) groups is 1. The number of carbonyl (C=O) groups is 1. The van der Waals surface area contributed by atoms with Crippen LogP contribution in [-0.2, 0) is 9.53 Å². The lowest BCUT2D eigenvalue weighted by molar-refractivity contribution is -0.152. The molecule has 7 heteroatoms. The van der Waals surface area contributed by atoms with E-state index in [-0.39, 0.29) is 18.5 Å². The van der Waals surface area contributed by atoms with E-state index in [0.29, 0.717) is 10.0 Å². The number of nitrogens with two attached hydrogens (primary N) is 1. The molecule has 1 aromatic carbocycles. The van der Waals surface area contributed by atoms with Gasteiger partial charge in [-0.25, -0.2) is 4.99 Å². The van der Waals surface area contributed by atoms with Gasteiger partial charge in [-0.05, 0) is 45.4 Å². The molecule has 122 valence electrons. The second-order valence-electron chi connectivity index (χ2n) is 5.82. The van der Waals surface area contributed by atoms with Gasteiger partial charge in [-0.1, -0.05) is 29.3 Å². The summed E-state index contributed by atoms with van der Waals surface area (Å²) in [4.78, 5) is 15.5. The van der Waals surface area contributed by atoms with E-state index in [9.17, 15) is 4.79 Å². The zero-order chi connectivity index (χ0) is 16.9. The minimum atomic E-state index is -0.543. The van der Waals surface area contributed by atoms with Gasteiger partial charge in [0.05, 0.1) is 6.04 Å². The first kappa shape index (κ1) is 18.6. The van der Waals surface area contributed by atoms with Crippen LogP contribution in [0.15, 0.2) is 23.2 Å². The zero-order valence-corrected chi connectivity index (χ0v) is 14.6.